The minimum Gasteiger partial charge on any atom is -0.393 e. The standard InChI is InChI=1S/C12H18N2O3/c1-9-4-5-11(14(16)17)8-12(9)13(3)7-6-10(2)15/h4-5,8,10,15H,6-7H2,1-3H3. The van der Waals surface area contributed by atoms with E-state index in [1.54, 1.807) is 19.1 Å². The first-order valence-corrected chi connectivity index (χ1v) is 5.56. The van der Waals surface area contributed by atoms with Gasteiger partial charge in [0.25, 0.3) is 5.69 Å². The molecule has 1 unspecified atom stereocenters. The monoisotopic (exact) mass is 238 g/mol. The van der Waals surface area contributed by atoms with Crippen LogP contribution in [-0.2, 0) is 0 Å². The van der Waals surface area contributed by atoms with Gasteiger partial charge in [-0.15, -0.1) is 0 Å². The van der Waals surface area contributed by atoms with Gasteiger partial charge in [-0.1, -0.05) is 6.07 Å². The average Bonchev–Trinajstić information content (AvgIpc) is 2.26. The molecule has 1 atom stereocenters. The molecule has 17 heavy (non-hydrogen) atoms. The minimum absolute atomic E-state index is 0.0921. The van der Waals surface area contributed by atoms with Crippen molar-refractivity contribution < 1.29 is 10.0 Å². The van der Waals surface area contributed by atoms with Crippen LogP contribution in [0.3, 0.4) is 0 Å². The van der Waals surface area contributed by atoms with E-state index in [9.17, 15) is 15.2 Å². The first kappa shape index (κ1) is 13.4. The van der Waals surface area contributed by atoms with Gasteiger partial charge in [-0.25, -0.2) is 0 Å². The predicted molar refractivity (Wildman–Crippen MR) is 67.4 cm³/mol. The molecule has 0 saturated carbocycles. The van der Waals surface area contributed by atoms with Crippen LogP contribution < -0.4 is 4.90 Å². The molecule has 0 aromatic heterocycles. The molecule has 0 radical (unpaired) electrons. The predicted octanol–water partition coefficient (Wildman–Crippen LogP) is 2.11. The molecule has 1 aromatic carbocycles. The number of anilines is 1. The Morgan fingerprint density at radius 3 is 2.71 bits per heavy atom. The number of aliphatic hydroxyl groups is 1. The molecule has 1 aromatic rings. The topological polar surface area (TPSA) is 66.6 Å². The molecule has 1 rings (SSSR count). The van der Waals surface area contributed by atoms with Gasteiger partial charge in [0.1, 0.15) is 0 Å². The van der Waals surface area contributed by atoms with Crippen LogP contribution >= 0.6 is 0 Å². The fraction of sp³-hybridized carbons (Fsp3) is 0.500. The number of rotatable bonds is 5. The van der Waals surface area contributed by atoms with E-state index < -0.39 is 4.92 Å². The molecule has 0 amide bonds. The Morgan fingerprint density at radius 2 is 2.18 bits per heavy atom. The average molecular weight is 238 g/mol. The number of nitrogens with zero attached hydrogens (tertiary/aromatic N) is 2. The summed E-state index contributed by atoms with van der Waals surface area (Å²) < 4.78 is 0. The van der Waals surface area contributed by atoms with Crippen LogP contribution in [0.4, 0.5) is 11.4 Å². The van der Waals surface area contributed by atoms with Crippen LogP contribution in [0.2, 0.25) is 0 Å². The molecular formula is C12H18N2O3. The Bertz CT molecular complexity index is 405. The summed E-state index contributed by atoms with van der Waals surface area (Å²) in [7, 11) is 1.87. The third kappa shape index (κ3) is 3.71. The Kier molecular flexibility index (Phi) is 4.45. The van der Waals surface area contributed by atoms with Gasteiger partial charge >= 0.3 is 0 Å². The van der Waals surface area contributed by atoms with Crippen LogP contribution in [-0.4, -0.2) is 29.7 Å². The summed E-state index contributed by atoms with van der Waals surface area (Å²) in [5, 5.41) is 19.9. The van der Waals surface area contributed by atoms with Crippen LogP contribution in [0.15, 0.2) is 18.2 Å². The van der Waals surface area contributed by atoms with Gasteiger partial charge in [-0.3, -0.25) is 10.1 Å². The second-order valence-corrected chi connectivity index (χ2v) is 4.29. The summed E-state index contributed by atoms with van der Waals surface area (Å²) in [5.74, 6) is 0. The number of nitro benzene ring substituents is 1. The number of non-ortho nitro benzene ring substituents is 1. The summed E-state index contributed by atoms with van der Waals surface area (Å²) in [6, 6.07) is 4.81. The number of benzene rings is 1. The van der Waals surface area contributed by atoms with Crippen molar-refractivity contribution in [1.82, 2.24) is 0 Å². The quantitative estimate of drug-likeness (QED) is 0.630. The van der Waals surface area contributed by atoms with Crippen molar-refractivity contribution in [3.05, 3.63) is 33.9 Å². The SMILES string of the molecule is Cc1ccc([N+](=O)[O-])cc1N(C)CCC(C)O. The molecule has 0 bridgehead atoms. The van der Waals surface area contributed by atoms with Crippen molar-refractivity contribution in [1.29, 1.82) is 0 Å². The van der Waals surface area contributed by atoms with Crippen molar-refractivity contribution in [2.45, 2.75) is 26.4 Å². The van der Waals surface area contributed by atoms with E-state index >= 15 is 0 Å². The molecule has 1 N–H and O–H groups in total. The number of nitro groups is 1. The Balaban J connectivity index is 2.87. The van der Waals surface area contributed by atoms with E-state index in [0.29, 0.717) is 13.0 Å². The van der Waals surface area contributed by atoms with Gasteiger partial charge in [0.05, 0.1) is 11.0 Å². The maximum absolute atomic E-state index is 10.7. The zero-order valence-electron chi connectivity index (χ0n) is 10.4. The molecular weight excluding hydrogens is 220 g/mol. The van der Waals surface area contributed by atoms with E-state index in [-0.39, 0.29) is 11.8 Å². The normalized spacial score (nSPS) is 12.2. The van der Waals surface area contributed by atoms with Gasteiger partial charge in [-0.05, 0) is 25.8 Å². The summed E-state index contributed by atoms with van der Waals surface area (Å²) >= 11 is 0. The Labute approximate surface area is 101 Å². The highest BCUT2D eigenvalue weighted by Gasteiger charge is 2.12. The molecule has 0 spiro atoms. The highest BCUT2D eigenvalue weighted by Crippen LogP contribution is 2.24. The molecule has 0 aliphatic heterocycles. The van der Waals surface area contributed by atoms with Gasteiger partial charge < -0.3 is 10.0 Å². The molecule has 0 aliphatic carbocycles. The maximum atomic E-state index is 10.7. The molecule has 94 valence electrons. The van der Waals surface area contributed by atoms with E-state index in [1.807, 2.05) is 18.9 Å². The van der Waals surface area contributed by atoms with Crippen molar-refractivity contribution in [2.24, 2.45) is 0 Å². The zero-order chi connectivity index (χ0) is 13.0. The lowest BCUT2D eigenvalue weighted by atomic mass is 10.1. The zero-order valence-corrected chi connectivity index (χ0v) is 10.4. The fourth-order valence-electron chi connectivity index (χ4n) is 1.62. The summed E-state index contributed by atoms with van der Waals surface area (Å²) in [6.07, 6.45) is 0.273. The molecule has 0 saturated heterocycles. The fourth-order valence-corrected chi connectivity index (χ4v) is 1.62. The Hall–Kier alpha value is -1.62. The second-order valence-electron chi connectivity index (χ2n) is 4.29. The number of aliphatic hydroxyl groups excluding tert-OH is 1. The molecule has 5 heteroatoms. The number of hydrogen-bond acceptors (Lipinski definition) is 4. The Morgan fingerprint density at radius 1 is 1.53 bits per heavy atom. The highest BCUT2D eigenvalue weighted by atomic mass is 16.6. The third-order valence-corrected chi connectivity index (χ3v) is 2.70. The summed E-state index contributed by atoms with van der Waals surface area (Å²) in [6.45, 7) is 4.31. The first-order chi connectivity index (χ1) is 7.91. The van der Waals surface area contributed by atoms with Crippen LogP contribution in [0.1, 0.15) is 18.9 Å². The van der Waals surface area contributed by atoms with Gasteiger partial charge in [0, 0.05) is 31.4 Å². The van der Waals surface area contributed by atoms with Gasteiger partial charge in [0.2, 0.25) is 0 Å². The summed E-state index contributed by atoms with van der Waals surface area (Å²) in [4.78, 5) is 12.2. The van der Waals surface area contributed by atoms with E-state index in [0.717, 1.165) is 11.3 Å². The van der Waals surface area contributed by atoms with Crippen molar-refractivity contribution in [2.75, 3.05) is 18.5 Å². The number of hydrogen-bond donors (Lipinski definition) is 1. The van der Waals surface area contributed by atoms with Crippen LogP contribution in [0.25, 0.3) is 0 Å². The van der Waals surface area contributed by atoms with Crippen molar-refractivity contribution >= 4 is 11.4 Å². The van der Waals surface area contributed by atoms with Crippen LogP contribution in [0.5, 0.6) is 0 Å². The van der Waals surface area contributed by atoms with Crippen molar-refractivity contribution in [3.8, 4) is 0 Å². The minimum atomic E-state index is -0.397. The molecule has 0 heterocycles. The summed E-state index contributed by atoms with van der Waals surface area (Å²) in [5.41, 5.74) is 1.91. The van der Waals surface area contributed by atoms with Crippen molar-refractivity contribution in [3.63, 3.8) is 0 Å². The molecule has 0 aliphatic rings. The molecule has 0 fully saturated rings. The lowest BCUT2D eigenvalue weighted by molar-refractivity contribution is -0.384. The largest absolute Gasteiger partial charge is 0.393 e. The van der Waals surface area contributed by atoms with E-state index in [1.165, 1.54) is 6.07 Å². The van der Waals surface area contributed by atoms with Gasteiger partial charge in [-0.2, -0.15) is 0 Å². The third-order valence-electron chi connectivity index (χ3n) is 2.70. The van der Waals surface area contributed by atoms with E-state index in [4.69, 9.17) is 0 Å². The highest BCUT2D eigenvalue weighted by molar-refractivity contribution is 5.58. The van der Waals surface area contributed by atoms with E-state index in [2.05, 4.69) is 0 Å². The first-order valence-electron chi connectivity index (χ1n) is 5.56. The maximum Gasteiger partial charge on any atom is 0.271 e. The number of aryl methyl sites for hydroxylation is 1. The lowest BCUT2D eigenvalue weighted by Gasteiger charge is -2.21. The smallest absolute Gasteiger partial charge is 0.271 e. The lowest BCUT2D eigenvalue weighted by Crippen LogP contribution is -2.22. The van der Waals surface area contributed by atoms with Crippen LogP contribution in [0, 0.1) is 17.0 Å². The second kappa shape index (κ2) is 5.63. The molecule has 5 nitrogen and oxygen atoms in total. The van der Waals surface area contributed by atoms with Gasteiger partial charge in [0.15, 0.2) is 0 Å².